The summed E-state index contributed by atoms with van der Waals surface area (Å²) in [5.74, 6) is -0.157. The Balaban J connectivity index is 5.02. The Hall–Kier alpha value is -0.643. The molecule has 0 saturated carbocycles. The van der Waals surface area contributed by atoms with Crippen molar-refractivity contribution in [3.63, 3.8) is 0 Å². The highest BCUT2D eigenvalue weighted by atomic mass is 28.3. The van der Waals surface area contributed by atoms with Crippen LogP contribution in [0.4, 0.5) is 0 Å². The van der Waals surface area contributed by atoms with Crippen molar-refractivity contribution in [2.45, 2.75) is 79.9 Å². The molecule has 3 nitrogen and oxygen atoms in total. The summed E-state index contributed by atoms with van der Waals surface area (Å²) < 4.78 is 5.41. The maximum Gasteiger partial charge on any atom is 0.311 e. The van der Waals surface area contributed by atoms with E-state index in [1.807, 2.05) is 27.7 Å². The summed E-state index contributed by atoms with van der Waals surface area (Å²) in [5.41, 5.74) is -1.05. The van der Waals surface area contributed by atoms with Crippen LogP contribution in [0, 0.1) is 10.8 Å². The molecule has 124 valence electrons. The molecule has 0 aromatic rings. The van der Waals surface area contributed by atoms with Crippen LogP contribution in [0.3, 0.4) is 0 Å². The number of rotatable bonds is 9. The lowest BCUT2D eigenvalue weighted by Crippen LogP contribution is -2.47. The molecule has 0 fully saturated rings. The van der Waals surface area contributed by atoms with Crippen molar-refractivity contribution in [2.24, 2.45) is 10.8 Å². The van der Waals surface area contributed by atoms with Crippen molar-refractivity contribution < 1.29 is 14.3 Å². The van der Waals surface area contributed by atoms with Gasteiger partial charge in [0.05, 0.1) is 12.0 Å². The molecule has 0 heterocycles. The van der Waals surface area contributed by atoms with Gasteiger partial charge in [-0.3, -0.25) is 4.79 Å². The first kappa shape index (κ1) is 20.4. The van der Waals surface area contributed by atoms with E-state index in [-0.39, 0.29) is 5.97 Å². The number of ether oxygens (including phenoxy) is 1. The second-order valence-electron chi connectivity index (χ2n) is 8.04. The van der Waals surface area contributed by atoms with Gasteiger partial charge >= 0.3 is 5.97 Å². The maximum atomic E-state index is 12.7. The first-order valence-corrected chi connectivity index (χ1v) is 11.6. The molecule has 0 aliphatic rings. The van der Waals surface area contributed by atoms with Gasteiger partial charge in [-0.1, -0.05) is 53.8 Å². The molecule has 0 saturated heterocycles. The van der Waals surface area contributed by atoms with Crippen molar-refractivity contribution in [2.75, 3.05) is 6.61 Å². The number of esters is 1. The van der Waals surface area contributed by atoms with E-state index in [2.05, 4.69) is 26.6 Å². The van der Waals surface area contributed by atoms with Gasteiger partial charge in [-0.15, -0.1) is 0 Å². The van der Waals surface area contributed by atoms with Crippen LogP contribution in [0.2, 0.25) is 19.6 Å². The van der Waals surface area contributed by atoms with Gasteiger partial charge in [-0.2, -0.15) is 0 Å². The van der Waals surface area contributed by atoms with Crippen molar-refractivity contribution in [3.8, 4) is 0 Å². The van der Waals surface area contributed by atoms with E-state index in [1.165, 1.54) is 0 Å². The molecule has 0 aliphatic heterocycles. The Bertz CT molecular complexity index is 369. The van der Waals surface area contributed by atoms with E-state index in [0.29, 0.717) is 24.9 Å². The lowest BCUT2D eigenvalue weighted by Gasteiger charge is -2.37. The number of hydrogen-bond acceptors (Lipinski definition) is 3. The van der Waals surface area contributed by atoms with Crippen LogP contribution in [0.15, 0.2) is 0 Å². The Kier molecular flexibility index (Phi) is 7.34. The minimum Gasteiger partial charge on any atom is -0.465 e. The topological polar surface area (TPSA) is 43.4 Å². The third-order valence-electron chi connectivity index (χ3n) is 4.13. The fraction of sp³-hybridized carbons (Fsp3) is 0.882. The summed E-state index contributed by atoms with van der Waals surface area (Å²) >= 11 is 0. The molecule has 0 bridgehead atoms. The van der Waals surface area contributed by atoms with Gasteiger partial charge in [0.25, 0.3) is 0 Å². The predicted molar refractivity (Wildman–Crippen MR) is 91.0 cm³/mol. The molecule has 4 heteroatoms. The van der Waals surface area contributed by atoms with Gasteiger partial charge < -0.3 is 9.53 Å². The third kappa shape index (κ3) is 5.93. The van der Waals surface area contributed by atoms with Crippen molar-refractivity contribution >= 4 is 19.4 Å². The van der Waals surface area contributed by atoms with Crippen LogP contribution in [-0.4, -0.2) is 26.1 Å². The van der Waals surface area contributed by atoms with Crippen LogP contribution in [0.1, 0.15) is 60.3 Å². The maximum absolute atomic E-state index is 12.7. The molecule has 0 aliphatic carbocycles. The van der Waals surface area contributed by atoms with Gasteiger partial charge in [0.15, 0.2) is 0 Å². The smallest absolute Gasteiger partial charge is 0.311 e. The van der Waals surface area contributed by atoms with Gasteiger partial charge in [-0.05, 0) is 26.2 Å². The summed E-state index contributed by atoms with van der Waals surface area (Å²) in [6.45, 7) is 16.6. The molecule has 0 spiro atoms. The zero-order valence-corrected chi connectivity index (χ0v) is 16.3. The van der Waals surface area contributed by atoms with E-state index in [4.69, 9.17) is 4.74 Å². The van der Waals surface area contributed by atoms with Crippen molar-refractivity contribution in [1.29, 1.82) is 0 Å². The minimum atomic E-state index is -1.87. The number of carbonyl (C=O) groups excluding carboxylic acids is 2. The monoisotopic (exact) mass is 314 g/mol. The summed E-state index contributed by atoms with van der Waals surface area (Å²) in [6, 6.07) is 0. The Morgan fingerprint density at radius 3 is 1.95 bits per heavy atom. The van der Waals surface area contributed by atoms with Crippen molar-refractivity contribution in [1.82, 2.24) is 0 Å². The van der Waals surface area contributed by atoms with Crippen LogP contribution in [-0.2, 0) is 14.3 Å². The fourth-order valence-corrected chi connectivity index (χ4v) is 5.01. The quantitative estimate of drug-likeness (QED) is 0.354. The predicted octanol–water partition coefficient (Wildman–Crippen LogP) is 4.61. The highest BCUT2D eigenvalue weighted by molar-refractivity contribution is 7.03. The molecular formula is C17H34O3Si. The van der Waals surface area contributed by atoms with Crippen LogP contribution in [0.5, 0.6) is 0 Å². The molecule has 0 aromatic carbocycles. The number of unbranched alkanes of at least 4 members (excludes halogenated alkanes) is 1. The highest BCUT2D eigenvalue weighted by Gasteiger charge is 2.45. The molecule has 0 aromatic heterocycles. The van der Waals surface area contributed by atoms with Crippen molar-refractivity contribution in [3.05, 3.63) is 0 Å². The Morgan fingerprint density at radius 1 is 1.05 bits per heavy atom. The summed E-state index contributed by atoms with van der Waals surface area (Å²) in [4.78, 5) is 25.1. The first-order valence-electron chi connectivity index (χ1n) is 8.13. The molecule has 0 radical (unpaired) electrons. The number of carbonyl (C=O) groups is 2. The standard InChI is InChI=1S/C17H34O3Si/c1-9-11-12-20-14(18)17(5,10-2)13-16(3,4)15(19)21(6,7)8/h9-13H2,1-8H3. The van der Waals surface area contributed by atoms with Crippen LogP contribution < -0.4 is 0 Å². The Morgan fingerprint density at radius 2 is 1.57 bits per heavy atom. The average molecular weight is 315 g/mol. The highest BCUT2D eigenvalue weighted by Crippen LogP contribution is 2.39. The molecule has 1 atom stereocenters. The first-order chi connectivity index (χ1) is 9.40. The van der Waals surface area contributed by atoms with E-state index < -0.39 is 18.9 Å². The molecule has 0 N–H and O–H groups in total. The number of hydrogen-bond donors (Lipinski definition) is 0. The second-order valence-corrected chi connectivity index (χ2v) is 13.0. The van der Waals surface area contributed by atoms with E-state index in [9.17, 15) is 9.59 Å². The van der Waals surface area contributed by atoms with E-state index >= 15 is 0 Å². The average Bonchev–Trinajstić information content (AvgIpc) is 2.36. The second kappa shape index (κ2) is 7.57. The molecule has 21 heavy (non-hydrogen) atoms. The van der Waals surface area contributed by atoms with Crippen LogP contribution in [0.25, 0.3) is 0 Å². The minimum absolute atomic E-state index is 0.157. The van der Waals surface area contributed by atoms with Gasteiger partial charge in [-0.25, -0.2) is 0 Å². The Labute approximate surface area is 131 Å². The summed E-state index contributed by atoms with van der Waals surface area (Å²) in [5, 5.41) is 0.330. The van der Waals surface area contributed by atoms with E-state index in [0.717, 1.165) is 12.8 Å². The lowest BCUT2D eigenvalue weighted by molar-refractivity contribution is -0.157. The third-order valence-corrected chi connectivity index (χ3v) is 6.17. The largest absolute Gasteiger partial charge is 0.465 e. The van der Waals surface area contributed by atoms with Gasteiger partial charge in [0, 0.05) is 5.41 Å². The van der Waals surface area contributed by atoms with Gasteiger partial charge in [0.2, 0.25) is 0 Å². The molecule has 0 rings (SSSR count). The fourth-order valence-electron chi connectivity index (χ4n) is 2.90. The SMILES string of the molecule is CCCCOC(=O)C(C)(CC)CC(C)(C)C(=O)[Si](C)(C)C. The zero-order valence-electron chi connectivity index (χ0n) is 15.3. The molecular weight excluding hydrogens is 280 g/mol. The summed E-state index contributed by atoms with van der Waals surface area (Å²) in [7, 11) is -1.87. The van der Waals surface area contributed by atoms with Crippen LogP contribution >= 0.6 is 0 Å². The van der Waals surface area contributed by atoms with E-state index in [1.54, 1.807) is 0 Å². The molecule has 1 unspecified atom stereocenters. The normalized spacial score (nSPS) is 15.4. The lowest BCUT2D eigenvalue weighted by atomic mass is 9.73. The zero-order chi connectivity index (χ0) is 16.9. The molecule has 0 amide bonds. The van der Waals surface area contributed by atoms with Gasteiger partial charge in [0.1, 0.15) is 13.5 Å². The summed E-state index contributed by atoms with van der Waals surface area (Å²) in [6.07, 6.45) is 3.16.